The second-order valence-corrected chi connectivity index (χ2v) is 23.1. The number of para-hydroxylation sites is 2. The molecular formula is C68H48N2Si. The molecule has 0 atom stereocenters. The molecule has 0 amide bonds. The van der Waals surface area contributed by atoms with Crippen molar-refractivity contribution in [3.05, 3.63) is 290 Å². The van der Waals surface area contributed by atoms with Gasteiger partial charge in [-0.2, -0.15) is 0 Å². The summed E-state index contributed by atoms with van der Waals surface area (Å²) in [5.41, 5.74) is 18.2. The van der Waals surface area contributed by atoms with Crippen LogP contribution in [0.2, 0.25) is 0 Å². The molecule has 11 aromatic carbocycles. The van der Waals surface area contributed by atoms with Crippen LogP contribution in [0.15, 0.2) is 273 Å². The Morgan fingerprint density at radius 2 is 0.845 bits per heavy atom. The number of hydrogen-bond acceptors (Lipinski definition) is 1. The second kappa shape index (κ2) is 16.2. The Hall–Kier alpha value is -8.76. The van der Waals surface area contributed by atoms with Crippen LogP contribution >= 0.6 is 0 Å². The van der Waals surface area contributed by atoms with Gasteiger partial charge in [0.15, 0.2) is 8.07 Å². The van der Waals surface area contributed by atoms with Crippen molar-refractivity contribution in [3.63, 3.8) is 0 Å². The van der Waals surface area contributed by atoms with E-state index in [9.17, 15) is 0 Å². The zero-order chi connectivity index (χ0) is 47.1. The van der Waals surface area contributed by atoms with Crippen molar-refractivity contribution in [2.75, 3.05) is 4.90 Å². The summed E-state index contributed by atoms with van der Waals surface area (Å²) in [4.78, 5) is 2.43. The molecule has 12 aromatic rings. The Bertz CT molecular complexity index is 3870. The van der Waals surface area contributed by atoms with E-state index in [4.69, 9.17) is 0 Å². The maximum Gasteiger partial charge on any atom is 0.180 e. The first-order valence-electron chi connectivity index (χ1n) is 24.8. The van der Waals surface area contributed by atoms with Crippen molar-refractivity contribution in [1.29, 1.82) is 0 Å². The number of anilines is 3. The first kappa shape index (κ1) is 41.2. The molecule has 14 rings (SSSR count). The zero-order valence-corrected chi connectivity index (χ0v) is 40.4. The summed E-state index contributed by atoms with van der Waals surface area (Å²) in [6.07, 6.45) is 0. The first-order chi connectivity index (χ1) is 35.1. The Labute approximate surface area is 416 Å². The number of nitrogens with zero attached hydrogens (tertiary/aromatic N) is 2. The van der Waals surface area contributed by atoms with Crippen LogP contribution in [-0.2, 0) is 5.41 Å². The second-order valence-electron chi connectivity index (χ2n) is 19.3. The van der Waals surface area contributed by atoms with Gasteiger partial charge in [-0.15, -0.1) is 0 Å². The summed E-state index contributed by atoms with van der Waals surface area (Å²) < 4.78 is 2.39. The molecule has 0 spiro atoms. The molecule has 0 unspecified atom stereocenters. The van der Waals surface area contributed by atoms with E-state index >= 15 is 0 Å². The van der Waals surface area contributed by atoms with Crippen molar-refractivity contribution in [2.45, 2.75) is 12.3 Å². The molecule has 1 aromatic heterocycles. The molecule has 2 aliphatic rings. The van der Waals surface area contributed by atoms with Crippen LogP contribution in [0.5, 0.6) is 0 Å². The van der Waals surface area contributed by atoms with Gasteiger partial charge < -0.3 is 9.47 Å². The van der Waals surface area contributed by atoms with Crippen molar-refractivity contribution < 1.29 is 0 Å². The lowest BCUT2D eigenvalue weighted by atomic mass is 9.74. The van der Waals surface area contributed by atoms with E-state index in [1.807, 2.05) is 0 Å². The van der Waals surface area contributed by atoms with Crippen LogP contribution in [0.4, 0.5) is 17.1 Å². The minimum atomic E-state index is -2.64. The maximum atomic E-state index is 2.49. The molecule has 3 heteroatoms. The number of rotatable bonds is 8. The maximum absolute atomic E-state index is 2.64. The normalized spacial score (nSPS) is 13.6. The van der Waals surface area contributed by atoms with Crippen LogP contribution in [0, 0.1) is 0 Å². The molecule has 0 radical (unpaired) electrons. The van der Waals surface area contributed by atoms with Gasteiger partial charge in [0, 0.05) is 38.9 Å². The Kier molecular flexibility index (Phi) is 9.39. The van der Waals surface area contributed by atoms with Crippen molar-refractivity contribution in [1.82, 2.24) is 4.57 Å². The third-order valence-corrected chi connectivity index (χ3v) is 20.6. The first-order valence-corrected chi connectivity index (χ1v) is 26.8. The highest BCUT2D eigenvalue weighted by molar-refractivity contribution is 7.22. The monoisotopic (exact) mass is 920 g/mol. The van der Waals surface area contributed by atoms with E-state index < -0.39 is 8.07 Å². The quantitative estimate of drug-likeness (QED) is 0.138. The predicted molar refractivity (Wildman–Crippen MR) is 301 cm³/mol. The number of hydrogen-bond donors (Lipinski definition) is 0. The van der Waals surface area contributed by atoms with Gasteiger partial charge in [-0.3, -0.25) is 0 Å². The van der Waals surface area contributed by atoms with Gasteiger partial charge in [-0.05, 0) is 138 Å². The Morgan fingerprint density at radius 1 is 0.352 bits per heavy atom. The van der Waals surface area contributed by atoms with Crippen LogP contribution in [0.3, 0.4) is 0 Å². The highest BCUT2D eigenvalue weighted by Gasteiger charge is 2.48. The highest BCUT2D eigenvalue weighted by atomic mass is 28.3. The number of aromatic nitrogens is 1. The van der Waals surface area contributed by atoms with Crippen molar-refractivity contribution in [2.24, 2.45) is 0 Å². The van der Waals surface area contributed by atoms with Crippen LogP contribution in [0.25, 0.3) is 60.9 Å². The summed E-state index contributed by atoms with van der Waals surface area (Å²) >= 11 is 0. The van der Waals surface area contributed by atoms with E-state index in [0.29, 0.717) is 0 Å². The molecule has 1 aliphatic carbocycles. The molecule has 2 nitrogen and oxygen atoms in total. The van der Waals surface area contributed by atoms with E-state index in [1.54, 1.807) is 0 Å². The third-order valence-electron chi connectivity index (χ3n) is 15.8. The van der Waals surface area contributed by atoms with Crippen LogP contribution in [0.1, 0.15) is 23.6 Å². The summed E-state index contributed by atoms with van der Waals surface area (Å²) in [6.45, 7) is 2.40. The Balaban J connectivity index is 0.903. The fraction of sp³-hybridized carbons (Fsp3) is 0.0294. The standard InChI is InChI=1S/C68H48N2Si/c1-68(62-31-11-5-25-56(62)57-26-6-12-32-63(57)68)49-20-18-21-53(46-49)69(51-41-43-52(44-42-51)70-64-33-13-7-27-58(64)59-28-8-14-34-65(59)70)50-39-37-47(38-40-50)48-19-17-24-55(45-48)71(54-22-3-2-4-23-54)66-35-15-9-29-60(66)61-30-10-16-36-67(61)71/h2-46H,1H3. The van der Waals surface area contributed by atoms with E-state index in [-0.39, 0.29) is 5.41 Å². The van der Waals surface area contributed by atoms with Crippen LogP contribution < -0.4 is 25.6 Å². The van der Waals surface area contributed by atoms with E-state index in [0.717, 1.165) is 22.7 Å². The number of fused-ring (bicyclic) bond motifs is 9. The van der Waals surface area contributed by atoms with Crippen LogP contribution in [-0.4, -0.2) is 12.6 Å². The topological polar surface area (TPSA) is 8.17 Å². The fourth-order valence-electron chi connectivity index (χ4n) is 12.6. The molecule has 0 fully saturated rings. The van der Waals surface area contributed by atoms with Gasteiger partial charge in [0.05, 0.1) is 11.0 Å². The molecule has 0 bridgehead atoms. The van der Waals surface area contributed by atoms with Gasteiger partial charge >= 0.3 is 0 Å². The lowest BCUT2D eigenvalue weighted by Crippen LogP contribution is -2.72. The SMILES string of the molecule is CC1(c2cccc(N(c3ccc(-c4cccc([Si]5(c6ccccc6)c6ccccc6-c6ccccc65)c4)cc3)c3ccc(-n4c5ccccc5c5ccccc54)cc3)c2)c2ccccc2-c2ccccc21. The molecule has 71 heavy (non-hydrogen) atoms. The summed E-state index contributed by atoms with van der Waals surface area (Å²) in [5.74, 6) is 0. The summed E-state index contributed by atoms with van der Waals surface area (Å²) in [5, 5.41) is 8.24. The van der Waals surface area contributed by atoms with Gasteiger partial charge in [0.1, 0.15) is 0 Å². The van der Waals surface area contributed by atoms with Gasteiger partial charge in [-0.25, -0.2) is 0 Å². The summed E-state index contributed by atoms with van der Waals surface area (Å²) in [6, 6.07) is 102. The minimum absolute atomic E-state index is 0.328. The van der Waals surface area contributed by atoms with Crippen molar-refractivity contribution >= 4 is 67.7 Å². The largest absolute Gasteiger partial charge is 0.310 e. The minimum Gasteiger partial charge on any atom is -0.310 e. The lowest BCUT2D eigenvalue weighted by molar-refractivity contribution is 0.714. The average Bonchev–Trinajstić information content (AvgIpc) is 4.04. The molecule has 2 heterocycles. The van der Waals surface area contributed by atoms with Gasteiger partial charge in [0.25, 0.3) is 0 Å². The molecule has 0 saturated carbocycles. The average molecular weight is 921 g/mol. The van der Waals surface area contributed by atoms with Gasteiger partial charge in [0.2, 0.25) is 0 Å². The number of benzene rings is 11. The van der Waals surface area contributed by atoms with E-state index in [2.05, 4.69) is 289 Å². The predicted octanol–water partition coefficient (Wildman–Crippen LogP) is 14.6. The zero-order valence-electron chi connectivity index (χ0n) is 39.4. The molecular weight excluding hydrogens is 873 g/mol. The van der Waals surface area contributed by atoms with Crippen molar-refractivity contribution in [3.8, 4) is 39.1 Å². The Morgan fingerprint density at radius 3 is 1.46 bits per heavy atom. The molecule has 0 N–H and O–H groups in total. The fourth-order valence-corrected chi connectivity index (χ4v) is 17.8. The molecule has 334 valence electrons. The lowest BCUT2D eigenvalue weighted by Gasteiger charge is -2.32. The third kappa shape index (κ3) is 6.13. The van der Waals surface area contributed by atoms with Gasteiger partial charge in [-0.1, -0.05) is 212 Å². The highest BCUT2D eigenvalue weighted by Crippen LogP contribution is 2.53. The van der Waals surface area contributed by atoms with E-state index in [1.165, 1.54) is 92.6 Å². The molecule has 0 saturated heterocycles. The molecule has 1 aliphatic heterocycles. The smallest absolute Gasteiger partial charge is 0.180 e. The summed E-state index contributed by atoms with van der Waals surface area (Å²) in [7, 11) is -2.64.